The summed E-state index contributed by atoms with van der Waals surface area (Å²) in [5, 5.41) is 2.95. The van der Waals surface area contributed by atoms with Crippen LogP contribution in [0.15, 0.2) is 24.3 Å². The van der Waals surface area contributed by atoms with Gasteiger partial charge in [-0.1, -0.05) is 26.0 Å². The van der Waals surface area contributed by atoms with Crippen molar-refractivity contribution in [2.75, 3.05) is 14.1 Å². The first kappa shape index (κ1) is 14.6. The van der Waals surface area contributed by atoms with Gasteiger partial charge >= 0.3 is 0 Å². The van der Waals surface area contributed by atoms with E-state index in [-0.39, 0.29) is 23.1 Å². The molecule has 0 radical (unpaired) electrons. The third-order valence-corrected chi connectivity index (χ3v) is 3.90. The Labute approximate surface area is 120 Å². The molecule has 2 amide bonds. The van der Waals surface area contributed by atoms with Crippen LogP contribution in [0.3, 0.4) is 0 Å². The second kappa shape index (κ2) is 5.27. The van der Waals surface area contributed by atoms with Crippen molar-refractivity contribution in [2.24, 2.45) is 11.3 Å². The van der Waals surface area contributed by atoms with Gasteiger partial charge in [0.2, 0.25) is 5.91 Å². The fraction of sp³-hybridized carbons (Fsp3) is 0.500. The smallest absolute Gasteiger partial charge is 0.253 e. The molecule has 1 aromatic carbocycles. The topological polar surface area (TPSA) is 49.4 Å². The van der Waals surface area contributed by atoms with Crippen LogP contribution < -0.4 is 5.32 Å². The van der Waals surface area contributed by atoms with Crippen LogP contribution in [0.2, 0.25) is 0 Å². The molecule has 1 aromatic rings. The minimum Gasteiger partial charge on any atom is -0.352 e. The van der Waals surface area contributed by atoms with Crippen molar-refractivity contribution in [1.29, 1.82) is 0 Å². The zero-order valence-electron chi connectivity index (χ0n) is 12.6. The van der Waals surface area contributed by atoms with E-state index in [9.17, 15) is 9.59 Å². The van der Waals surface area contributed by atoms with Crippen LogP contribution in [0.5, 0.6) is 0 Å². The third kappa shape index (κ3) is 3.18. The van der Waals surface area contributed by atoms with Crippen molar-refractivity contribution in [1.82, 2.24) is 10.2 Å². The Morgan fingerprint density at radius 1 is 1.25 bits per heavy atom. The Morgan fingerprint density at radius 2 is 1.80 bits per heavy atom. The van der Waals surface area contributed by atoms with Crippen molar-refractivity contribution in [3.63, 3.8) is 0 Å². The Hall–Kier alpha value is -1.84. The molecule has 4 nitrogen and oxygen atoms in total. The third-order valence-electron chi connectivity index (χ3n) is 3.90. The van der Waals surface area contributed by atoms with Gasteiger partial charge in [0, 0.05) is 32.1 Å². The first-order valence-corrected chi connectivity index (χ1v) is 6.89. The number of carbonyl (C=O) groups excluding carboxylic acids is 2. The molecule has 4 heteroatoms. The van der Waals surface area contributed by atoms with Gasteiger partial charge in [0.25, 0.3) is 5.91 Å². The molecule has 0 aliphatic heterocycles. The molecule has 0 bridgehead atoms. The first-order chi connectivity index (χ1) is 9.31. The molecule has 1 aliphatic rings. The number of rotatable bonds is 4. The molecule has 2 rings (SSSR count). The summed E-state index contributed by atoms with van der Waals surface area (Å²) in [5.41, 5.74) is 1.83. The van der Waals surface area contributed by atoms with Crippen LogP contribution in [0.1, 0.15) is 36.2 Å². The lowest BCUT2D eigenvalue weighted by molar-refractivity contribution is -0.123. The van der Waals surface area contributed by atoms with Gasteiger partial charge in [-0.05, 0) is 29.5 Å². The molecule has 108 valence electrons. The van der Waals surface area contributed by atoms with Gasteiger partial charge in [-0.15, -0.1) is 0 Å². The molecule has 1 atom stereocenters. The van der Waals surface area contributed by atoms with E-state index in [1.807, 2.05) is 12.1 Å². The monoisotopic (exact) mass is 274 g/mol. The van der Waals surface area contributed by atoms with Crippen molar-refractivity contribution in [2.45, 2.75) is 26.8 Å². The van der Waals surface area contributed by atoms with Crippen LogP contribution in [0.25, 0.3) is 0 Å². The summed E-state index contributed by atoms with van der Waals surface area (Å²) >= 11 is 0. The van der Waals surface area contributed by atoms with Gasteiger partial charge in [0.05, 0.1) is 0 Å². The van der Waals surface area contributed by atoms with Crippen LogP contribution in [0, 0.1) is 11.3 Å². The van der Waals surface area contributed by atoms with Crippen LogP contribution >= 0.6 is 0 Å². The average molecular weight is 274 g/mol. The minimum absolute atomic E-state index is 0.0136. The van der Waals surface area contributed by atoms with E-state index in [2.05, 4.69) is 19.2 Å². The quantitative estimate of drug-likeness (QED) is 0.913. The van der Waals surface area contributed by atoms with E-state index in [0.29, 0.717) is 12.1 Å². The maximum Gasteiger partial charge on any atom is 0.253 e. The Balaban J connectivity index is 1.88. The summed E-state index contributed by atoms with van der Waals surface area (Å²) in [5.74, 6) is 0.265. The van der Waals surface area contributed by atoms with E-state index in [4.69, 9.17) is 0 Å². The maximum absolute atomic E-state index is 11.9. The summed E-state index contributed by atoms with van der Waals surface area (Å²) in [6.07, 6.45) is 0.967. The predicted molar refractivity (Wildman–Crippen MR) is 78.2 cm³/mol. The lowest BCUT2D eigenvalue weighted by Crippen LogP contribution is -2.26. The number of carbonyl (C=O) groups is 2. The van der Waals surface area contributed by atoms with E-state index in [0.717, 1.165) is 12.0 Å². The van der Waals surface area contributed by atoms with Gasteiger partial charge in [0.1, 0.15) is 0 Å². The predicted octanol–water partition coefficient (Wildman–Crippen LogP) is 2.05. The van der Waals surface area contributed by atoms with Crippen molar-refractivity contribution in [3.05, 3.63) is 35.4 Å². The first-order valence-electron chi connectivity index (χ1n) is 6.89. The van der Waals surface area contributed by atoms with Gasteiger partial charge in [0.15, 0.2) is 0 Å². The molecule has 1 aliphatic carbocycles. The molecule has 0 heterocycles. The molecule has 0 saturated heterocycles. The Morgan fingerprint density at radius 3 is 2.25 bits per heavy atom. The van der Waals surface area contributed by atoms with E-state index in [1.54, 1.807) is 31.1 Å². The number of nitrogens with zero attached hydrogens (tertiary/aromatic N) is 1. The second-order valence-corrected chi connectivity index (χ2v) is 6.36. The Bertz CT molecular complexity index is 518. The highest BCUT2D eigenvalue weighted by atomic mass is 16.2. The van der Waals surface area contributed by atoms with Gasteiger partial charge in [-0.3, -0.25) is 9.59 Å². The second-order valence-electron chi connectivity index (χ2n) is 6.36. The fourth-order valence-corrected chi connectivity index (χ4v) is 2.25. The van der Waals surface area contributed by atoms with Crippen LogP contribution in [0.4, 0.5) is 0 Å². The molecule has 0 aromatic heterocycles. The molecular weight excluding hydrogens is 252 g/mol. The zero-order chi connectivity index (χ0) is 14.9. The number of hydrogen-bond acceptors (Lipinski definition) is 2. The highest BCUT2D eigenvalue weighted by Crippen LogP contribution is 2.51. The van der Waals surface area contributed by atoms with Gasteiger partial charge in [-0.2, -0.15) is 0 Å². The highest BCUT2D eigenvalue weighted by Gasteiger charge is 2.50. The largest absolute Gasteiger partial charge is 0.352 e. The van der Waals surface area contributed by atoms with Gasteiger partial charge < -0.3 is 10.2 Å². The molecule has 1 saturated carbocycles. The Kier molecular flexibility index (Phi) is 3.84. The lowest BCUT2D eigenvalue weighted by atomic mass is 10.1. The van der Waals surface area contributed by atoms with Crippen molar-refractivity contribution >= 4 is 11.8 Å². The highest BCUT2D eigenvalue weighted by molar-refractivity contribution is 5.93. The van der Waals surface area contributed by atoms with Crippen LogP contribution in [-0.2, 0) is 11.3 Å². The summed E-state index contributed by atoms with van der Waals surface area (Å²) in [4.78, 5) is 25.2. The number of amides is 2. The van der Waals surface area contributed by atoms with E-state index in [1.165, 1.54) is 0 Å². The van der Waals surface area contributed by atoms with Crippen molar-refractivity contribution in [3.8, 4) is 0 Å². The number of hydrogen-bond donors (Lipinski definition) is 1. The standard InChI is InChI=1S/C16H22N2O2/c1-16(2)9-13(16)14(19)17-10-11-5-7-12(8-6-11)15(20)18(3)4/h5-8,13H,9-10H2,1-4H3,(H,17,19). The number of nitrogens with one attached hydrogen (secondary N) is 1. The fourth-order valence-electron chi connectivity index (χ4n) is 2.25. The molecular formula is C16H22N2O2. The molecule has 1 N–H and O–H groups in total. The van der Waals surface area contributed by atoms with Crippen LogP contribution in [-0.4, -0.2) is 30.8 Å². The molecule has 1 fully saturated rings. The molecule has 1 unspecified atom stereocenters. The summed E-state index contributed by atoms with van der Waals surface area (Å²) in [7, 11) is 3.46. The average Bonchev–Trinajstić information content (AvgIpc) is 3.05. The minimum atomic E-state index is -0.0136. The van der Waals surface area contributed by atoms with Crippen molar-refractivity contribution < 1.29 is 9.59 Å². The normalized spacial score (nSPS) is 19.3. The molecule has 0 spiro atoms. The lowest BCUT2D eigenvalue weighted by Gasteiger charge is -2.11. The van der Waals surface area contributed by atoms with Gasteiger partial charge in [-0.25, -0.2) is 0 Å². The zero-order valence-corrected chi connectivity index (χ0v) is 12.6. The number of benzene rings is 1. The van der Waals surface area contributed by atoms with E-state index < -0.39 is 0 Å². The summed E-state index contributed by atoms with van der Waals surface area (Å²) in [6, 6.07) is 7.36. The van der Waals surface area contributed by atoms with E-state index >= 15 is 0 Å². The summed E-state index contributed by atoms with van der Waals surface area (Å²) in [6.45, 7) is 4.74. The SMILES string of the molecule is CN(C)C(=O)c1ccc(CNC(=O)C2CC2(C)C)cc1. The molecule has 20 heavy (non-hydrogen) atoms. The summed E-state index contributed by atoms with van der Waals surface area (Å²) < 4.78 is 0. The maximum atomic E-state index is 11.9.